The predicted octanol–water partition coefficient (Wildman–Crippen LogP) is 2.09. The van der Waals surface area contributed by atoms with E-state index in [0.29, 0.717) is 24.5 Å². The van der Waals surface area contributed by atoms with Gasteiger partial charge in [-0.1, -0.05) is 6.07 Å². The summed E-state index contributed by atoms with van der Waals surface area (Å²) in [4.78, 5) is 14.0. The fourth-order valence-electron chi connectivity index (χ4n) is 2.70. The monoisotopic (exact) mass is 288 g/mol. The zero-order valence-corrected chi connectivity index (χ0v) is 12.5. The second kappa shape index (κ2) is 7.09. The molecule has 0 bridgehead atoms. The number of hydrogen-bond acceptors (Lipinski definition) is 5. The molecule has 5 heteroatoms. The first-order valence-corrected chi connectivity index (χ1v) is 7.17. The zero-order chi connectivity index (χ0) is 15.2. The van der Waals surface area contributed by atoms with Gasteiger partial charge in [0.25, 0.3) is 0 Å². The van der Waals surface area contributed by atoms with Crippen LogP contribution in [0.1, 0.15) is 30.9 Å². The van der Waals surface area contributed by atoms with E-state index >= 15 is 0 Å². The lowest BCUT2D eigenvalue weighted by atomic mass is 10.1. The van der Waals surface area contributed by atoms with Crippen molar-refractivity contribution in [1.82, 2.24) is 4.90 Å². The van der Waals surface area contributed by atoms with Crippen molar-refractivity contribution in [2.45, 2.75) is 32.4 Å². The molecule has 0 amide bonds. The Morgan fingerprint density at radius 1 is 1.52 bits per heavy atom. The molecule has 0 spiro atoms. The van der Waals surface area contributed by atoms with Crippen LogP contribution in [0.2, 0.25) is 0 Å². The Balaban J connectivity index is 2.10. The number of nitriles is 1. The van der Waals surface area contributed by atoms with Crippen LogP contribution in [-0.2, 0) is 16.1 Å². The number of carbonyl (C=O) groups excluding carboxylic acids is 1. The van der Waals surface area contributed by atoms with Crippen molar-refractivity contribution in [1.29, 1.82) is 5.26 Å². The van der Waals surface area contributed by atoms with Crippen LogP contribution in [0.4, 0.5) is 0 Å². The summed E-state index contributed by atoms with van der Waals surface area (Å²) in [6.45, 7) is 3.74. The summed E-state index contributed by atoms with van der Waals surface area (Å²) in [5, 5.41) is 9.13. The lowest BCUT2D eigenvalue weighted by Gasteiger charge is -2.23. The normalized spacial score (nSPS) is 18.2. The number of likely N-dealkylation sites (tertiary alicyclic amines) is 1. The molecule has 1 fully saturated rings. The maximum atomic E-state index is 11.9. The van der Waals surface area contributed by atoms with Gasteiger partial charge >= 0.3 is 5.97 Å². The quantitative estimate of drug-likeness (QED) is 0.776. The molecule has 1 aliphatic rings. The van der Waals surface area contributed by atoms with Crippen LogP contribution in [0.15, 0.2) is 18.2 Å². The molecule has 1 aromatic rings. The van der Waals surface area contributed by atoms with Gasteiger partial charge in [-0.15, -0.1) is 0 Å². The Kier molecular flexibility index (Phi) is 5.18. The van der Waals surface area contributed by atoms with Crippen LogP contribution in [0.3, 0.4) is 0 Å². The Morgan fingerprint density at radius 3 is 3.00 bits per heavy atom. The second-order valence-corrected chi connectivity index (χ2v) is 5.03. The molecule has 1 unspecified atom stereocenters. The molecule has 0 radical (unpaired) electrons. The molecule has 1 atom stereocenters. The molecule has 5 nitrogen and oxygen atoms in total. The maximum Gasteiger partial charge on any atom is 0.323 e. The van der Waals surface area contributed by atoms with Gasteiger partial charge in [-0.2, -0.15) is 5.26 Å². The van der Waals surface area contributed by atoms with E-state index in [1.165, 1.54) is 0 Å². The Morgan fingerprint density at radius 2 is 2.33 bits per heavy atom. The SMILES string of the molecule is CCOC(=O)C1CCCN1Cc1ccc(OC)c(C#N)c1. The van der Waals surface area contributed by atoms with Crippen LogP contribution in [-0.4, -0.2) is 37.2 Å². The summed E-state index contributed by atoms with van der Waals surface area (Å²) in [5.41, 5.74) is 1.52. The minimum absolute atomic E-state index is 0.149. The van der Waals surface area contributed by atoms with Crippen molar-refractivity contribution >= 4 is 5.97 Å². The van der Waals surface area contributed by atoms with Crippen molar-refractivity contribution in [2.24, 2.45) is 0 Å². The third kappa shape index (κ3) is 3.53. The molecular weight excluding hydrogens is 268 g/mol. The van der Waals surface area contributed by atoms with E-state index in [4.69, 9.17) is 14.7 Å². The van der Waals surface area contributed by atoms with E-state index in [9.17, 15) is 4.79 Å². The van der Waals surface area contributed by atoms with Gasteiger partial charge in [0.2, 0.25) is 0 Å². The first kappa shape index (κ1) is 15.3. The summed E-state index contributed by atoms with van der Waals surface area (Å²) in [6, 6.07) is 7.51. The van der Waals surface area contributed by atoms with Gasteiger partial charge in [-0.05, 0) is 44.0 Å². The smallest absolute Gasteiger partial charge is 0.323 e. The lowest BCUT2D eigenvalue weighted by Crippen LogP contribution is -2.36. The Labute approximate surface area is 125 Å². The average Bonchev–Trinajstić information content (AvgIpc) is 2.95. The first-order valence-electron chi connectivity index (χ1n) is 7.17. The summed E-state index contributed by atoms with van der Waals surface area (Å²) in [5.74, 6) is 0.425. The standard InChI is InChI=1S/C16H20N2O3/c1-3-21-16(19)14-5-4-8-18(14)11-12-6-7-15(20-2)13(9-12)10-17/h6-7,9,14H,3-5,8,11H2,1-2H3. The Bertz CT molecular complexity index is 551. The largest absolute Gasteiger partial charge is 0.495 e. The average molecular weight is 288 g/mol. The van der Waals surface area contributed by atoms with Gasteiger partial charge < -0.3 is 9.47 Å². The zero-order valence-electron chi connectivity index (χ0n) is 12.5. The minimum atomic E-state index is -0.169. The topological polar surface area (TPSA) is 62.6 Å². The molecule has 1 aromatic carbocycles. The summed E-state index contributed by atoms with van der Waals surface area (Å²) < 4.78 is 10.3. The van der Waals surface area contributed by atoms with Crippen LogP contribution >= 0.6 is 0 Å². The molecule has 1 saturated heterocycles. The number of nitrogens with zero attached hydrogens (tertiary/aromatic N) is 2. The van der Waals surface area contributed by atoms with Gasteiger partial charge in [-0.3, -0.25) is 9.69 Å². The van der Waals surface area contributed by atoms with Crippen LogP contribution in [0.25, 0.3) is 0 Å². The summed E-state index contributed by atoms with van der Waals surface area (Å²) >= 11 is 0. The highest BCUT2D eigenvalue weighted by Gasteiger charge is 2.31. The van der Waals surface area contributed by atoms with Crippen molar-refractivity contribution < 1.29 is 14.3 Å². The van der Waals surface area contributed by atoms with Gasteiger partial charge in [0.05, 0.1) is 19.3 Å². The molecule has 21 heavy (non-hydrogen) atoms. The lowest BCUT2D eigenvalue weighted by molar-refractivity contribution is -0.148. The number of ether oxygens (including phenoxy) is 2. The molecule has 1 aliphatic heterocycles. The van der Waals surface area contributed by atoms with Crippen LogP contribution in [0, 0.1) is 11.3 Å². The highest BCUT2D eigenvalue weighted by molar-refractivity contribution is 5.76. The van der Waals surface area contributed by atoms with E-state index in [0.717, 1.165) is 24.9 Å². The number of hydrogen-bond donors (Lipinski definition) is 0. The molecule has 1 heterocycles. The van der Waals surface area contributed by atoms with E-state index in [2.05, 4.69) is 11.0 Å². The number of esters is 1. The molecule has 0 saturated carbocycles. The second-order valence-electron chi connectivity index (χ2n) is 5.03. The fourth-order valence-corrected chi connectivity index (χ4v) is 2.70. The van der Waals surface area contributed by atoms with Crippen LogP contribution in [0.5, 0.6) is 5.75 Å². The molecule has 0 N–H and O–H groups in total. The third-order valence-corrected chi connectivity index (χ3v) is 3.69. The number of benzene rings is 1. The molecule has 0 aliphatic carbocycles. The highest BCUT2D eigenvalue weighted by atomic mass is 16.5. The summed E-state index contributed by atoms with van der Waals surface area (Å²) in [7, 11) is 1.55. The van der Waals surface area contributed by atoms with Crippen molar-refractivity contribution in [3.8, 4) is 11.8 Å². The van der Waals surface area contributed by atoms with Gasteiger partial charge in [0.1, 0.15) is 17.9 Å². The van der Waals surface area contributed by atoms with Crippen molar-refractivity contribution in [3.63, 3.8) is 0 Å². The fraction of sp³-hybridized carbons (Fsp3) is 0.500. The number of rotatable bonds is 5. The van der Waals surface area contributed by atoms with Gasteiger partial charge in [0, 0.05) is 6.54 Å². The van der Waals surface area contributed by atoms with Gasteiger partial charge in [0.15, 0.2) is 0 Å². The third-order valence-electron chi connectivity index (χ3n) is 3.69. The molecule has 0 aromatic heterocycles. The van der Waals surface area contributed by atoms with Crippen LogP contribution < -0.4 is 4.74 Å². The van der Waals surface area contributed by atoms with E-state index in [-0.39, 0.29) is 12.0 Å². The summed E-state index contributed by atoms with van der Waals surface area (Å²) in [6.07, 6.45) is 1.82. The van der Waals surface area contributed by atoms with E-state index in [1.54, 1.807) is 13.2 Å². The molecule has 2 rings (SSSR count). The van der Waals surface area contributed by atoms with Crippen molar-refractivity contribution in [3.05, 3.63) is 29.3 Å². The number of carbonyl (C=O) groups is 1. The molecule has 112 valence electrons. The minimum Gasteiger partial charge on any atom is -0.495 e. The maximum absolute atomic E-state index is 11.9. The predicted molar refractivity (Wildman–Crippen MR) is 77.8 cm³/mol. The first-order chi connectivity index (χ1) is 10.2. The number of methoxy groups -OCH3 is 1. The molecular formula is C16H20N2O3. The Hall–Kier alpha value is -2.06. The van der Waals surface area contributed by atoms with E-state index in [1.807, 2.05) is 19.1 Å². The van der Waals surface area contributed by atoms with Gasteiger partial charge in [-0.25, -0.2) is 0 Å². The van der Waals surface area contributed by atoms with Crippen molar-refractivity contribution in [2.75, 3.05) is 20.3 Å². The highest BCUT2D eigenvalue weighted by Crippen LogP contribution is 2.24. The van der Waals surface area contributed by atoms with E-state index < -0.39 is 0 Å².